The van der Waals surface area contributed by atoms with Gasteiger partial charge in [-0.3, -0.25) is 0 Å². The summed E-state index contributed by atoms with van der Waals surface area (Å²) in [5.41, 5.74) is 0. The molecule has 0 aliphatic carbocycles. The van der Waals surface area contributed by atoms with E-state index in [-0.39, 0.29) is 0 Å². The summed E-state index contributed by atoms with van der Waals surface area (Å²) in [7, 11) is 0. The molecule has 0 saturated carbocycles. The third kappa shape index (κ3) is 4.45. The van der Waals surface area contributed by atoms with Crippen molar-refractivity contribution in [1.29, 1.82) is 0 Å². The zero-order chi connectivity index (χ0) is 10.2. The van der Waals surface area contributed by atoms with Gasteiger partial charge < -0.3 is 4.90 Å². The van der Waals surface area contributed by atoms with Crippen molar-refractivity contribution in [3.63, 3.8) is 0 Å². The van der Waals surface area contributed by atoms with E-state index >= 15 is 0 Å². The van der Waals surface area contributed by atoms with Crippen molar-refractivity contribution >= 4 is 0 Å². The molecule has 0 spiro atoms. The van der Waals surface area contributed by atoms with E-state index in [1.165, 1.54) is 64.6 Å². The number of likely N-dealkylation sites (tertiary alicyclic amines) is 1. The predicted octanol–water partition coefficient (Wildman–Crippen LogP) is 3.69. The molecule has 1 nitrogen and oxygen atoms in total. The summed E-state index contributed by atoms with van der Waals surface area (Å²) in [5.74, 6) is 1.03. The minimum atomic E-state index is 1.03. The van der Waals surface area contributed by atoms with Crippen LogP contribution in [0.5, 0.6) is 0 Å². The summed E-state index contributed by atoms with van der Waals surface area (Å²) in [6, 6.07) is 0. The number of hydrogen-bond acceptors (Lipinski definition) is 1. The first-order chi connectivity index (χ1) is 6.86. The Morgan fingerprint density at radius 3 is 2.29 bits per heavy atom. The second-order valence-electron chi connectivity index (χ2n) is 4.75. The largest absolute Gasteiger partial charge is 0.303 e. The van der Waals surface area contributed by atoms with Gasteiger partial charge in [0.05, 0.1) is 0 Å². The van der Waals surface area contributed by atoms with E-state index in [4.69, 9.17) is 0 Å². The van der Waals surface area contributed by atoms with Gasteiger partial charge in [0, 0.05) is 0 Å². The summed E-state index contributed by atoms with van der Waals surface area (Å²) in [5, 5.41) is 0. The summed E-state index contributed by atoms with van der Waals surface area (Å²) in [6.07, 6.45) is 9.93. The van der Waals surface area contributed by atoms with Crippen molar-refractivity contribution in [1.82, 2.24) is 4.90 Å². The first kappa shape index (κ1) is 12.0. The van der Waals surface area contributed by atoms with Crippen molar-refractivity contribution in [2.24, 2.45) is 5.92 Å². The van der Waals surface area contributed by atoms with E-state index < -0.39 is 0 Å². The molecule has 1 heteroatoms. The molecule has 0 atom stereocenters. The van der Waals surface area contributed by atoms with Gasteiger partial charge in [-0.1, -0.05) is 39.5 Å². The van der Waals surface area contributed by atoms with E-state index in [1.807, 2.05) is 0 Å². The highest BCUT2D eigenvalue weighted by atomic mass is 15.1. The van der Waals surface area contributed by atoms with E-state index in [0.717, 1.165) is 5.92 Å². The normalized spacial score (nSPS) is 20.1. The third-order valence-corrected chi connectivity index (χ3v) is 3.61. The quantitative estimate of drug-likeness (QED) is 0.587. The SMILES string of the molecule is CCCCCCN1CCC(CC)CC1. The molecule has 0 amide bonds. The minimum absolute atomic E-state index is 1.03. The van der Waals surface area contributed by atoms with Gasteiger partial charge in [-0.25, -0.2) is 0 Å². The van der Waals surface area contributed by atoms with Gasteiger partial charge in [0.1, 0.15) is 0 Å². The monoisotopic (exact) mass is 197 g/mol. The lowest BCUT2D eigenvalue weighted by atomic mass is 9.94. The Bertz CT molecular complexity index is 125. The van der Waals surface area contributed by atoms with Crippen molar-refractivity contribution in [2.75, 3.05) is 19.6 Å². The summed E-state index contributed by atoms with van der Waals surface area (Å²) < 4.78 is 0. The van der Waals surface area contributed by atoms with E-state index in [2.05, 4.69) is 18.7 Å². The fraction of sp³-hybridized carbons (Fsp3) is 1.00. The van der Waals surface area contributed by atoms with Crippen LogP contribution in [0.15, 0.2) is 0 Å². The molecule has 0 aromatic rings. The van der Waals surface area contributed by atoms with Crippen LogP contribution in [0.2, 0.25) is 0 Å². The highest BCUT2D eigenvalue weighted by molar-refractivity contribution is 4.71. The van der Waals surface area contributed by atoms with Gasteiger partial charge in [0.15, 0.2) is 0 Å². The molecule has 14 heavy (non-hydrogen) atoms. The molecule has 0 N–H and O–H groups in total. The zero-order valence-corrected chi connectivity index (χ0v) is 10.1. The average molecular weight is 197 g/mol. The Balaban J connectivity index is 1.98. The Hall–Kier alpha value is -0.0400. The Morgan fingerprint density at radius 1 is 1.00 bits per heavy atom. The van der Waals surface area contributed by atoms with Gasteiger partial charge in [-0.15, -0.1) is 0 Å². The first-order valence-electron chi connectivity index (χ1n) is 6.59. The highest BCUT2D eigenvalue weighted by Gasteiger charge is 2.16. The maximum Gasteiger partial charge on any atom is -0.00161 e. The number of piperidine rings is 1. The molecule has 1 aliphatic heterocycles. The molecule has 84 valence electrons. The van der Waals surface area contributed by atoms with Crippen LogP contribution in [-0.2, 0) is 0 Å². The van der Waals surface area contributed by atoms with Gasteiger partial charge >= 0.3 is 0 Å². The molecule has 0 aromatic carbocycles. The number of unbranched alkanes of at least 4 members (excludes halogenated alkanes) is 3. The minimum Gasteiger partial charge on any atom is -0.303 e. The Labute approximate surface area is 89.9 Å². The second kappa shape index (κ2) is 7.28. The van der Waals surface area contributed by atoms with Crippen molar-refractivity contribution < 1.29 is 0 Å². The molecular formula is C13H27N. The van der Waals surface area contributed by atoms with Crippen molar-refractivity contribution in [3.05, 3.63) is 0 Å². The van der Waals surface area contributed by atoms with Crippen LogP contribution >= 0.6 is 0 Å². The van der Waals surface area contributed by atoms with Crippen LogP contribution in [0.1, 0.15) is 58.8 Å². The molecule has 0 aromatic heterocycles. The topological polar surface area (TPSA) is 3.24 Å². The lowest BCUT2D eigenvalue weighted by Gasteiger charge is -2.31. The molecule has 1 heterocycles. The number of nitrogens with zero attached hydrogens (tertiary/aromatic N) is 1. The molecule has 0 radical (unpaired) electrons. The maximum atomic E-state index is 2.67. The summed E-state index contributed by atoms with van der Waals surface area (Å²) >= 11 is 0. The average Bonchev–Trinajstić information content (AvgIpc) is 2.25. The van der Waals surface area contributed by atoms with Crippen LogP contribution in [0, 0.1) is 5.92 Å². The Kier molecular flexibility index (Phi) is 6.25. The second-order valence-corrected chi connectivity index (χ2v) is 4.75. The maximum absolute atomic E-state index is 2.67. The number of rotatable bonds is 6. The predicted molar refractivity (Wildman–Crippen MR) is 63.6 cm³/mol. The standard InChI is InChI=1S/C13H27N/c1-3-5-6-7-10-14-11-8-13(4-2)9-12-14/h13H,3-12H2,1-2H3. The zero-order valence-electron chi connectivity index (χ0n) is 10.1. The summed E-state index contributed by atoms with van der Waals surface area (Å²) in [4.78, 5) is 2.67. The van der Waals surface area contributed by atoms with Crippen LogP contribution in [0.3, 0.4) is 0 Å². The molecular weight excluding hydrogens is 170 g/mol. The van der Waals surface area contributed by atoms with Gasteiger partial charge in [0.25, 0.3) is 0 Å². The molecule has 1 fully saturated rings. The van der Waals surface area contributed by atoms with E-state index in [1.54, 1.807) is 0 Å². The van der Waals surface area contributed by atoms with Crippen molar-refractivity contribution in [3.8, 4) is 0 Å². The first-order valence-corrected chi connectivity index (χ1v) is 6.59. The lowest BCUT2D eigenvalue weighted by molar-refractivity contribution is 0.179. The van der Waals surface area contributed by atoms with Crippen LogP contribution < -0.4 is 0 Å². The fourth-order valence-corrected chi connectivity index (χ4v) is 2.38. The summed E-state index contributed by atoms with van der Waals surface area (Å²) in [6.45, 7) is 8.71. The molecule has 1 saturated heterocycles. The van der Waals surface area contributed by atoms with Crippen LogP contribution in [0.25, 0.3) is 0 Å². The van der Waals surface area contributed by atoms with Crippen molar-refractivity contribution in [2.45, 2.75) is 58.8 Å². The number of hydrogen-bond donors (Lipinski definition) is 0. The van der Waals surface area contributed by atoms with E-state index in [0.29, 0.717) is 0 Å². The van der Waals surface area contributed by atoms with Gasteiger partial charge in [-0.05, 0) is 44.8 Å². The van der Waals surface area contributed by atoms with Gasteiger partial charge in [-0.2, -0.15) is 0 Å². The fourth-order valence-electron chi connectivity index (χ4n) is 2.38. The van der Waals surface area contributed by atoms with Crippen LogP contribution in [0.4, 0.5) is 0 Å². The molecule has 1 rings (SSSR count). The lowest BCUT2D eigenvalue weighted by Crippen LogP contribution is -2.34. The van der Waals surface area contributed by atoms with E-state index in [9.17, 15) is 0 Å². The molecule has 1 aliphatic rings. The van der Waals surface area contributed by atoms with Crippen LogP contribution in [-0.4, -0.2) is 24.5 Å². The third-order valence-electron chi connectivity index (χ3n) is 3.61. The molecule has 0 unspecified atom stereocenters. The highest BCUT2D eigenvalue weighted by Crippen LogP contribution is 2.20. The van der Waals surface area contributed by atoms with Gasteiger partial charge in [0.2, 0.25) is 0 Å². The Morgan fingerprint density at radius 2 is 1.71 bits per heavy atom. The molecule has 0 bridgehead atoms. The smallest absolute Gasteiger partial charge is 0.00161 e.